The monoisotopic (exact) mass is 205 g/mol. The van der Waals surface area contributed by atoms with E-state index in [1.807, 2.05) is 12.3 Å². The first kappa shape index (κ1) is 10.4. The number of hydrogen-bond acceptors (Lipinski definition) is 3. The average molecular weight is 205 g/mol. The average Bonchev–Trinajstić information content (AvgIpc) is 2.23. The number of aromatic nitrogens is 1. The first-order valence-corrected chi connectivity index (χ1v) is 5.65. The van der Waals surface area contributed by atoms with E-state index in [1.165, 1.54) is 19.3 Å². The van der Waals surface area contributed by atoms with E-state index in [2.05, 4.69) is 23.0 Å². The highest BCUT2D eigenvalue weighted by molar-refractivity contribution is 5.40. The Bertz CT molecular complexity index is 320. The maximum absolute atomic E-state index is 5.61. The molecule has 1 saturated carbocycles. The van der Waals surface area contributed by atoms with Crippen LogP contribution in [0.1, 0.15) is 24.8 Å². The standard InChI is InChI=1S/C12H19N3/c1-15(9-10-3-2-4-10)12-7-11(8-13)5-6-14-12/h5-7,10H,2-4,8-9,13H2,1H3. The minimum Gasteiger partial charge on any atom is -0.359 e. The van der Waals surface area contributed by atoms with E-state index in [1.54, 1.807) is 0 Å². The van der Waals surface area contributed by atoms with E-state index in [0.717, 1.165) is 23.8 Å². The van der Waals surface area contributed by atoms with Crippen LogP contribution in [-0.4, -0.2) is 18.6 Å². The Balaban J connectivity index is 1.99. The molecule has 1 aromatic rings. The van der Waals surface area contributed by atoms with Gasteiger partial charge in [-0.1, -0.05) is 6.42 Å². The van der Waals surface area contributed by atoms with Gasteiger partial charge in [0.15, 0.2) is 0 Å². The molecule has 0 aliphatic heterocycles. The van der Waals surface area contributed by atoms with Crippen molar-refractivity contribution in [3.63, 3.8) is 0 Å². The van der Waals surface area contributed by atoms with Crippen molar-refractivity contribution in [3.05, 3.63) is 23.9 Å². The second-order valence-electron chi connectivity index (χ2n) is 4.40. The van der Waals surface area contributed by atoms with Crippen LogP contribution in [0.4, 0.5) is 5.82 Å². The lowest BCUT2D eigenvalue weighted by Crippen LogP contribution is -2.29. The van der Waals surface area contributed by atoms with Gasteiger partial charge in [0.25, 0.3) is 0 Å². The van der Waals surface area contributed by atoms with E-state index in [-0.39, 0.29) is 0 Å². The predicted molar refractivity (Wildman–Crippen MR) is 62.7 cm³/mol. The SMILES string of the molecule is CN(CC1CCC1)c1cc(CN)ccn1. The highest BCUT2D eigenvalue weighted by Gasteiger charge is 2.19. The fourth-order valence-corrected chi connectivity index (χ4v) is 1.95. The smallest absolute Gasteiger partial charge is 0.128 e. The van der Waals surface area contributed by atoms with Crippen molar-refractivity contribution in [3.8, 4) is 0 Å². The molecule has 2 rings (SSSR count). The lowest BCUT2D eigenvalue weighted by atomic mass is 9.85. The molecule has 1 aliphatic rings. The number of anilines is 1. The van der Waals surface area contributed by atoms with Gasteiger partial charge < -0.3 is 10.6 Å². The summed E-state index contributed by atoms with van der Waals surface area (Å²) in [7, 11) is 2.11. The van der Waals surface area contributed by atoms with Crippen molar-refractivity contribution < 1.29 is 0 Å². The molecule has 0 saturated heterocycles. The Kier molecular flexibility index (Phi) is 3.21. The zero-order valence-corrected chi connectivity index (χ0v) is 9.32. The third kappa shape index (κ3) is 2.48. The van der Waals surface area contributed by atoms with E-state index >= 15 is 0 Å². The highest BCUT2D eigenvalue weighted by Crippen LogP contribution is 2.27. The molecule has 0 radical (unpaired) electrons. The number of pyridine rings is 1. The summed E-state index contributed by atoms with van der Waals surface area (Å²) in [5.74, 6) is 1.92. The van der Waals surface area contributed by atoms with Crippen LogP contribution in [0.2, 0.25) is 0 Å². The third-order valence-corrected chi connectivity index (χ3v) is 3.19. The van der Waals surface area contributed by atoms with Crippen molar-refractivity contribution in [2.45, 2.75) is 25.8 Å². The van der Waals surface area contributed by atoms with Crippen molar-refractivity contribution in [2.24, 2.45) is 11.7 Å². The molecule has 82 valence electrons. The molecule has 0 amide bonds. The van der Waals surface area contributed by atoms with Crippen molar-refractivity contribution in [1.29, 1.82) is 0 Å². The van der Waals surface area contributed by atoms with Gasteiger partial charge >= 0.3 is 0 Å². The third-order valence-electron chi connectivity index (χ3n) is 3.19. The summed E-state index contributed by atoms with van der Waals surface area (Å²) in [5, 5.41) is 0. The summed E-state index contributed by atoms with van der Waals surface area (Å²) in [6.07, 6.45) is 5.99. The Morgan fingerprint density at radius 3 is 2.93 bits per heavy atom. The van der Waals surface area contributed by atoms with Crippen LogP contribution in [0.25, 0.3) is 0 Å². The molecule has 1 aliphatic carbocycles. The molecule has 15 heavy (non-hydrogen) atoms. The summed E-state index contributed by atoms with van der Waals surface area (Å²) in [6.45, 7) is 1.72. The fraction of sp³-hybridized carbons (Fsp3) is 0.583. The van der Waals surface area contributed by atoms with Crippen LogP contribution in [-0.2, 0) is 6.54 Å². The van der Waals surface area contributed by atoms with E-state index in [4.69, 9.17) is 5.73 Å². The van der Waals surface area contributed by atoms with Gasteiger partial charge in [-0.2, -0.15) is 0 Å². The molecule has 0 unspecified atom stereocenters. The maximum atomic E-state index is 5.61. The molecule has 0 atom stereocenters. The van der Waals surface area contributed by atoms with Crippen LogP contribution < -0.4 is 10.6 Å². The van der Waals surface area contributed by atoms with Gasteiger partial charge in [0, 0.05) is 26.3 Å². The number of nitrogens with two attached hydrogens (primary N) is 1. The lowest BCUT2D eigenvalue weighted by Gasteiger charge is -2.30. The number of rotatable bonds is 4. The zero-order chi connectivity index (χ0) is 10.7. The molecule has 3 nitrogen and oxygen atoms in total. The zero-order valence-electron chi connectivity index (χ0n) is 9.32. The van der Waals surface area contributed by atoms with Crippen molar-refractivity contribution in [2.75, 3.05) is 18.5 Å². The van der Waals surface area contributed by atoms with Crippen LogP contribution in [0.5, 0.6) is 0 Å². The Morgan fingerprint density at radius 2 is 2.33 bits per heavy atom. The van der Waals surface area contributed by atoms with Gasteiger partial charge in [-0.05, 0) is 36.5 Å². The van der Waals surface area contributed by atoms with Gasteiger partial charge in [-0.3, -0.25) is 0 Å². The molecule has 1 fully saturated rings. The Labute approximate surface area is 91.3 Å². The van der Waals surface area contributed by atoms with E-state index in [9.17, 15) is 0 Å². The minimum absolute atomic E-state index is 0.590. The predicted octanol–water partition coefficient (Wildman–Crippen LogP) is 1.78. The molecule has 0 aromatic carbocycles. The van der Waals surface area contributed by atoms with Crippen LogP contribution in [0.15, 0.2) is 18.3 Å². The normalized spacial score (nSPS) is 16.1. The fourth-order valence-electron chi connectivity index (χ4n) is 1.95. The summed E-state index contributed by atoms with van der Waals surface area (Å²) in [5.41, 5.74) is 6.76. The van der Waals surface area contributed by atoms with Gasteiger partial charge in [-0.25, -0.2) is 4.98 Å². The quantitative estimate of drug-likeness (QED) is 0.814. The largest absolute Gasteiger partial charge is 0.359 e. The van der Waals surface area contributed by atoms with Crippen LogP contribution >= 0.6 is 0 Å². The van der Waals surface area contributed by atoms with E-state index in [0.29, 0.717) is 6.54 Å². The summed E-state index contributed by atoms with van der Waals surface area (Å²) < 4.78 is 0. The minimum atomic E-state index is 0.590. The first-order valence-electron chi connectivity index (χ1n) is 5.65. The molecular weight excluding hydrogens is 186 g/mol. The van der Waals surface area contributed by atoms with Crippen molar-refractivity contribution in [1.82, 2.24) is 4.98 Å². The van der Waals surface area contributed by atoms with Crippen molar-refractivity contribution >= 4 is 5.82 Å². The summed E-state index contributed by atoms with van der Waals surface area (Å²) in [6, 6.07) is 4.05. The summed E-state index contributed by atoms with van der Waals surface area (Å²) >= 11 is 0. The molecule has 1 aromatic heterocycles. The highest BCUT2D eigenvalue weighted by atomic mass is 15.2. The topological polar surface area (TPSA) is 42.1 Å². The number of nitrogens with zero attached hydrogens (tertiary/aromatic N) is 2. The Morgan fingerprint density at radius 1 is 1.53 bits per heavy atom. The molecule has 0 bridgehead atoms. The first-order chi connectivity index (χ1) is 7.29. The Hall–Kier alpha value is -1.09. The van der Waals surface area contributed by atoms with Crippen LogP contribution in [0, 0.1) is 5.92 Å². The van der Waals surface area contributed by atoms with Gasteiger partial charge in [0.2, 0.25) is 0 Å². The molecule has 3 heteroatoms. The number of hydrogen-bond donors (Lipinski definition) is 1. The van der Waals surface area contributed by atoms with Gasteiger partial charge in [-0.15, -0.1) is 0 Å². The van der Waals surface area contributed by atoms with Gasteiger partial charge in [0.05, 0.1) is 0 Å². The van der Waals surface area contributed by atoms with Gasteiger partial charge in [0.1, 0.15) is 5.82 Å². The molecule has 1 heterocycles. The second-order valence-corrected chi connectivity index (χ2v) is 4.40. The maximum Gasteiger partial charge on any atom is 0.128 e. The summed E-state index contributed by atoms with van der Waals surface area (Å²) in [4.78, 5) is 6.61. The molecule has 0 spiro atoms. The second kappa shape index (κ2) is 4.62. The van der Waals surface area contributed by atoms with Crippen LogP contribution in [0.3, 0.4) is 0 Å². The molecule has 2 N–H and O–H groups in total. The van der Waals surface area contributed by atoms with E-state index < -0.39 is 0 Å². The molecular formula is C12H19N3. The lowest BCUT2D eigenvalue weighted by molar-refractivity contribution is 0.321.